The number of hydrogen-bond acceptors (Lipinski definition) is 3. The van der Waals surface area contributed by atoms with E-state index in [0.717, 1.165) is 41.7 Å². The largest absolute Gasteiger partial charge is 0.383 e. The number of rotatable bonds is 4. The molecule has 0 unspecified atom stereocenters. The first-order chi connectivity index (χ1) is 9.78. The van der Waals surface area contributed by atoms with Crippen LogP contribution in [0.4, 0.5) is 5.82 Å². The number of nitrogen functional groups attached to an aromatic ring is 1. The average molecular weight is 266 g/mol. The molecule has 0 aliphatic rings. The standard InChI is InChI=1S/C16H18N4/c1-2-5-15-18-8-9-20(15)11-13-10-12-6-3-4-7-14(12)19-16(13)17/h3-4,6-10H,2,5,11H2,1H3,(H2,17,19). The lowest BCUT2D eigenvalue weighted by Gasteiger charge is -2.10. The first-order valence-corrected chi connectivity index (χ1v) is 6.92. The summed E-state index contributed by atoms with van der Waals surface area (Å²) >= 11 is 0. The Kier molecular flexibility index (Phi) is 3.37. The van der Waals surface area contributed by atoms with Gasteiger partial charge in [0.05, 0.1) is 12.1 Å². The van der Waals surface area contributed by atoms with E-state index in [1.54, 1.807) is 0 Å². The molecule has 4 heteroatoms. The van der Waals surface area contributed by atoms with Crippen molar-refractivity contribution < 1.29 is 0 Å². The minimum absolute atomic E-state index is 0.597. The van der Waals surface area contributed by atoms with Crippen LogP contribution in [0.1, 0.15) is 24.7 Å². The molecule has 0 aliphatic heterocycles. The van der Waals surface area contributed by atoms with E-state index in [-0.39, 0.29) is 0 Å². The van der Waals surface area contributed by atoms with Gasteiger partial charge < -0.3 is 10.3 Å². The summed E-state index contributed by atoms with van der Waals surface area (Å²) in [7, 11) is 0. The summed E-state index contributed by atoms with van der Waals surface area (Å²) in [6, 6.07) is 10.2. The summed E-state index contributed by atoms with van der Waals surface area (Å²) in [4.78, 5) is 8.87. The highest BCUT2D eigenvalue weighted by Crippen LogP contribution is 2.19. The smallest absolute Gasteiger partial charge is 0.129 e. The average Bonchev–Trinajstić information content (AvgIpc) is 2.87. The van der Waals surface area contributed by atoms with Crippen LogP contribution in [0.25, 0.3) is 10.9 Å². The van der Waals surface area contributed by atoms with E-state index in [0.29, 0.717) is 5.82 Å². The Morgan fingerprint density at radius 3 is 2.95 bits per heavy atom. The molecule has 3 aromatic rings. The lowest BCUT2D eigenvalue weighted by Crippen LogP contribution is -2.07. The number of pyridine rings is 1. The molecule has 0 amide bonds. The summed E-state index contributed by atoms with van der Waals surface area (Å²) in [5.41, 5.74) is 8.06. The highest BCUT2D eigenvalue weighted by atomic mass is 15.1. The van der Waals surface area contributed by atoms with Crippen LogP contribution in [0.15, 0.2) is 42.7 Å². The van der Waals surface area contributed by atoms with Gasteiger partial charge >= 0.3 is 0 Å². The Bertz CT molecular complexity index is 730. The SMILES string of the molecule is CCCc1nccn1Cc1cc2ccccc2nc1N. The number of nitrogens with zero attached hydrogens (tertiary/aromatic N) is 3. The molecule has 0 atom stereocenters. The van der Waals surface area contributed by atoms with Gasteiger partial charge in [-0.3, -0.25) is 0 Å². The van der Waals surface area contributed by atoms with Crippen molar-refractivity contribution >= 4 is 16.7 Å². The Balaban J connectivity index is 1.97. The van der Waals surface area contributed by atoms with Gasteiger partial charge in [0.1, 0.15) is 11.6 Å². The normalized spacial score (nSPS) is 11.1. The summed E-state index contributed by atoms with van der Waals surface area (Å²) in [6.07, 6.45) is 5.91. The molecule has 0 aliphatic carbocycles. The van der Waals surface area contributed by atoms with E-state index in [4.69, 9.17) is 5.73 Å². The van der Waals surface area contributed by atoms with Crippen molar-refractivity contribution in [2.45, 2.75) is 26.3 Å². The first-order valence-electron chi connectivity index (χ1n) is 6.92. The predicted molar refractivity (Wildman–Crippen MR) is 81.5 cm³/mol. The van der Waals surface area contributed by atoms with Gasteiger partial charge in [-0.05, 0) is 18.6 Å². The Hall–Kier alpha value is -2.36. The molecule has 0 spiro atoms. The van der Waals surface area contributed by atoms with Gasteiger partial charge in [0.2, 0.25) is 0 Å². The third-order valence-electron chi connectivity index (χ3n) is 3.45. The maximum Gasteiger partial charge on any atom is 0.129 e. The summed E-state index contributed by atoms with van der Waals surface area (Å²) in [5, 5.41) is 1.12. The van der Waals surface area contributed by atoms with Crippen LogP contribution in [0.5, 0.6) is 0 Å². The molecule has 4 nitrogen and oxygen atoms in total. The molecule has 2 heterocycles. The van der Waals surface area contributed by atoms with Crippen molar-refractivity contribution in [3.63, 3.8) is 0 Å². The molecule has 0 radical (unpaired) electrons. The van der Waals surface area contributed by atoms with Gasteiger partial charge in [0, 0.05) is 29.8 Å². The van der Waals surface area contributed by atoms with Gasteiger partial charge in [0.25, 0.3) is 0 Å². The summed E-state index contributed by atoms with van der Waals surface area (Å²) in [6.45, 7) is 2.88. The van der Waals surface area contributed by atoms with E-state index in [2.05, 4.69) is 33.6 Å². The lowest BCUT2D eigenvalue weighted by atomic mass is 10.1. The minimum atomic E-state index is 0.597. The number of benzene rings is 1. The molecule has 102 valence electrons. The van der Waals surface area contributed by atoms with Crippen LogP contribution >= 0.6 is 0 Å². The molecule has 2 aromatic heterocycles. The van der Waals surface area contributed by atoms with Crippen molar-refractivity contribution in [2.75, 3.05) is 5.73 Å². The first kappa shape index (κ1) is 12.7. The van der Waals surface area contributed by atoms with Crippen LogP contribution in [-0.2, 0) is 13.0 Å². The molecule has 0 fully saturated rings. The highest BCUT2D eigenvalue weighted by molar-refractivity contribution is 5.81. The van der Waals surface area contributed by atoms with E-state index in [9.17, 15) is 0 Å². The number of anilines is 1. The summed E-state index contributed by atoms with van der Waals surface area (Å²) < 4.78 is 2.14. The number of imidazole rings is 1. The maximum absolute atomic E-state index is 6.08. The number of hydrogen-bond donors (Lipinski definition) is 1. The van der Waals surface area contributed by atoms with Crippen molar-refractivity contribution in [2.24, 2.45) is 0 Å². The highest BCUT2D eigenvalue weighted by Gasteiger charge is 2.07. The van der Waals surface area contributed by atoms with Crippen LogP contribution < -0.4 is 5.73 Å². The maximum atomic E-state index is 6.08. The molecule has 1 aromatic carbocycles. The molecule has 20 heavy (non-hydrogen) atoms. The van der Waals surface area contributed by atoms with Crippen molar-refractivity contribution in [3.05, 3.63) is 54.1 Å². The van der Waals surface area contributed by atoms with Crippen molar-refractivity contribution in [1.82, 2.24) is 14.5 Å². The predicted octanol–water partition coefficient (Wildman–Crippen LogP) is 3.01. The molecule has 0 saturated carbocycles. The minimum Gasteiger partial charge on any atom is -0.383 e. The second-order valence-corrected chi connectivity index (χ2v) is 4.95. The van der Waals surface area contributed by atoms with Crippen LogP contribution in [0.3, 0.4) is 0 Å². The molecular formula is C16H18N4. The Labute approximate surface area is 118 Å². The van der Waals surface area contributed by atoms with Gasteiger partial charge in [0.15, 0.2) is 0 Å². The van der Waals surface area contributed by atoms with E-state index < -0.39 is 0 Å². The Morgan fingerprint density at radius 1 is 1.25 bits per heavy atom. The zero-order valence-electron chi connectivity index (χ0n) is 11.6. The topological polar surface area (TPSA) is 56.7 Å². The van der Waals surface area contributed by atoms with Crippen LogP contribution in [0.2, 0.25) is 0 Å². The second-order valence-electron chi connectivity index (χ2n) is 4.95. The summed E-state index contributed by atoms with van der Waals surface area (Å²) in [5.74, 6) is 1.69. The number of para-hydroxylation sites is 1. The van der Waals surface area contributed by atoms with E-state index in [1.807, 2.05) is 30.6 Å². The molecule has 0 saturated heterocycles. The molecule has 2 N–H and O–H groups in total. The fourth-order valence-corrected chi connectivity index (χ4v) is 2.42. The Morgan fingerprint density at radius 2 is 2.10 bits per heavy atom. The second kappa shape index (κ2) is 5.33. The van der Waals surface area contributed by atoms with Gasteiger partial charge in [-0.25, -0.2) is 9.97 Å². The van der Waals surface area contributed by atoms with E-state index >= 15 is 0 Å². The third kappa shape index (κ3) is 2.37. The van der Waals surface area contributed by atoms with Crippen LogP contribution in [0, 0.1) is 0 Å². The van der Waals surface area contributed by atoms with Crippen molar-refractivity contribution in [1.29, 1.82) is 0 Å². The fourth-order valence-electron chi connectivity index (χ4n) is 2.42. The van der Waals surface area contributed by atoms with Crippen molar-refractivity contribution in [3.8, 4) is 0 Å². The van der Waals surface area contributed by atoms with Gasteiger partial charge in [-0.1, -0.05) is 25.1 Å². The third-order valence-corrected chi connectivity index (χ3v) is 3.45. The number of aromatic nitrogens is 3. The molecule has 0 bridgehead atoms. The zero-order valence-corrected chi connectivity index (χ0v) is 11.6. The monoisotopic (exact) mass is 266 g/mol. The number of aryl methyl sites for hydroxylation is 1. The number of nitrogens with two attached hydrogens (primary N) is 1. The molecule has 3 rings (SSSR count). The number of fused-ring (bicyclic) bond motifs is 1. The zero-order chi connectivity index (χ0) is 13.9. The van der Waals surface area contributed by atoms with Gasteiger partial charge in [-0.2, -0.15) is 0 Å². The lowest BCUT2D eigenvalue weighted by molar-refractivity contribution is 0.705. The van der Waals surface area contributed by atoms with Gasteiger partial charge in [-0.15, -0.1) is 0 Å². The van der Waals surface area contributed by atoms with Crippen LogP contribution in [-0.4, -0.2) is 14.5 Å². The van der Waals surface area contributed by atoms with E-state index in [1.165, 1.54) is 0 Å². The quantitative estimate of drug-likeness (QED) is 0.789. The fraction of sp³-hybridized carbons (Fsp3) is 0.250. The molecular weight excluding hydrogens is 248 g/mol.